The number of para-hydroxylation sites is 2. The van der Waals surface area contributed by atoms with E-state index in [1.165, 1.54) is 0 Å². The van der Waals surface area contributed by atoms with Gasteiger partial charge >= 0.3 is 0 Å². The molecule has 24 heavy (non-hydrogen) atoms. The van der Waals surface area contributed by atoms with Crippen LogP contribution in [-0.4, -0.2) is 4.98 Å². The molecule has 4 rings (SSSR count). The molecule has 3 nitrogen and oxygen atoms in total. The molecule has 0 atom stereocenters. The molecule has 3 aromatic rings. The van der Waals surface area contributed by atoms with Crippen molar-refractivity contribution in [3.8, 4) is 6.07 Å². The molecular weight excluding hydrogens is 314 g/mol. The fraction of sp³-hybridized carbons (Fsp3) is 0. The van der Waals surface area contributed by atoms with Crippen molar-refractivity contribution in [2.24, 2.45) is 0 Å². The highest BCUT2D eigenvalue weighted by atomic mass is 32.1. The van der Waals surface area contributed by atoms with Crippen molar-refractivity contribution in [3.05, 3.63) is 89.7 Å². The van der Waals surface area contributed by atoms with E-state index in [0.717, 1.165) is 26.5 Å². The molecule has 1 aliphatic rings. The summed E-state index contributed by atoms with van der Waals surface area (Å²) in [7, 11) is 0. The van der Waals surface area contributed by atoms with Crippen molar-refractivity contribution in [1.29, 1.82) is 5.26 Å². The van der Waals surface area contributed by atoms with E-state index in [0.29, 0.717) is 5.57 Å². The van der Waals surface area contributed by atoms with Crippen LogP contribution >= 0.6 is 11.3 Å². The SMILES string of the molecule is N#CC(=C1C=CN(c2ccccc2)C=C1)c1nc2ccccc2s1. The van der Waals surface area contributed by atoms with Gasteiger partial charge in [-0.15, -0.1) is 11.3 Å². The van der Waals surface area contributed by atoms with Gasteiger partial charge in [0.05, 0.1) is 15.8 Å². The molecule has 0 aliphatic carbocycles. The fourth-order valence-corrected chi connectivity index (χ4v) is 3.56. The average molecular weight is 327 g/mol. The molecule has 1 aromatic heterocycles. The zero-order valence-corrected chi connectivity index (χ0v) is 13.6. The van der Waals surface area contributed by atoms with Crippen LogP contribution in [0.5, 0.6) is 0 Å². The zero-order valence-electron chi connectivity index (χ0n) is 12.8. The van der Waals surface area contributed by atoms with Crippen LogP contribution in [-0.2, 0) is 0 Å². The van der Waals surface area contributed by atoms with E-state index in [1.807, 2.05) is 84.0 Å². The molecule has 0 spiro atoms. The maximum absolute atomic E-state index is 9.62. The Morgan fingerprint density at radius 3 is 2.38 bits per heavy atom. The number of nitriles is 1. The lowest BCUT2D eigenvalue weighted by atomic mass is 10.1. The Balaban J connectivity index is 1.70. The van der Waals surface area contributed by atoms with Crippen molar-refractivity contribution >= 4 is 32.8 Å². The second-order valence-corrected chi connectivity index (χ2v) is 6.33. The predicted octanol–water partition coefficient (Wildman–Crippen LogP) is 5.12. The molecular formula is C20H13N3S. The Bertz CT molecular complexity index is 971. The molecule has 1 aliphatic heterocycles. The van der Waals surface area contributed by atoms with Gasteiger partial charge in [0, 0.05) is 18.1 Å². The molecule has 4 heteroatoms. The predicted molar refractivity (Wildman–Crippen MR) is 99.4 cm³/mol. The lowest BCUT2D eigenvalue weighted by Gasteiger charge is -2.19. The highest BCUT2D eigenvalue weighted by Gasteiger charge is 2.13. The van der Waals surface area contributed by atoms with E-state index >= 15 is 0 Å². The molecule has 0 amide bonds. The number of thiazole rings is 1. The van der Waals surface area contributed by atoms with E-state index in [-0.39, 0.29) is 0 Å². The minimum atomic E-state index is 0.608. The first-order valence-corrected chi connectivity index (χ1v) is 8.37. The van der Waals surface area contributed by atoms with Crippen LogP contribution in [0, 0.1) is 11.3 Å². The van der Waals surface area contributed by atoms with Gasteiger partial charge in [0.25, 0.3) is 0 Å². The van der Waals surface area contributed by atoms with Crippen molar-refractivity contribution in [2.45, 2.75) is 0 Å². The number of allylic oxidation sites excluding steroid dienone is 4. The first kappa shape index (κ1) is 14.4. The maximum atomic E-state index is 9.62. The van der Waals surface area contributed by atoms with E-state index in [1.54, 1.807) is 11.3 Å². The molecule has 2 heterocycles. The highest BCUT2D eigenvalue weighted by molar-refractivity contribution is 7.19. The molecule has 0 saturated carbocycles. The Kier molecular flexibility index (Phi) is 3.70. The van der Waals surface area contributed by atoms with Gasteiger partial charge in [-0.3, -0.25) is 0 Å². The third-order valence-electron chi connectivity index (χ3n) is 3.79. The lowest BCUT2D eigenvalue weighted by molar-refractivity contribution is 1.25. The Morgan fingerprint density at radius 1 is 0.958 bits per heavy atom. The van der Waals surface area contributed by atoms with Gasteiger partial charge in [-0.25, -0.2) is 4.98 Å². The summed E-state index contributed by atoms with van der Waals surface area (Å²) in [6, 6.07) is 20.3. The van der Waals surface area contributed by atoms with Crippen LogP contribution in [0.3, 0.4) is 0 Å². The molecule has 0 unspecified atom stereocenters. The lowest BCUT2D eigenvalue weighted by Crippen LogP contribution is -2.09. The molecule has 0 fully saturated rings. The van der Waals surface area contributed by atoms with Crippen molar-refractivity contribution in [1.82, 2.24) is 4.98 Å². The van der Waals surface area contributed by atoms with Gasteiger partial charge in [0.15, 0.2) is 0 Å². The number of fused-ring (bicyclic) bond motifs is 1. The number of anilines is 1. The van der Waals surface area contributed by atoms with Crippen LogP contribution in [0.25, 0.3) is 15.8 Å². The van der Waals surface area contributed by atoms with Gasteiger partial charge in [-0.05, 0) is 42.0 Å². The van der Waals surface area contributed by atoms with Gasteiger partial charge in [0.1, 0.15) is 11.1 Å². The maximum Gasteiger partial charge on any atom is 0.135 e. The molecule has 0 N–H and O–H groups in total. The third-order valence-corrected chi connectivity index (χ3v) is 4.85. The Labute approximate surface area is 144 Å². The minimum absolute atomic E-state index is 0.608. The van der Waals surface area contributed by atoms with E-state index < -0.39 is 0 Å². The first-order valence-electron chi connectivity index (χ1n) is 7.55. The largest absolute Gasteiger partial charge is 0.324 e. The molecule has 2 aromatic carbocycles. The minimum Gasteiger partial charge on any atom is -0.324 e. The van der Waals surface area contributed by atoms with Crippen LogP contribution in [0.4, 0.5) is 5.69 Å². The van der Waals surface area contributed by atoms with Crippen molar-refractivity contribution in [3.63, 3.8) is 0 Å². The summed E-state index contributed by atoms with van der Waals surface area (Å²) in [4.78, 5) is 6.62. The van der Waals surface area contributed by atoms with E-state index in [9.17, 15) is 5.26 Å². The van der Waals surface area contributed by atoms with Gasteiger partial charge in [-0.2, -0.15) is 5.26 Å². The highest BCUT2D eigenvalue weighted by Crippen LogP contribution is 2.30. The number of hydrogen-bond acceptors (Lipinski definition) is 4. The molecule has 114 valence electrons. The molecule has 0 bridgehead atoms. The van der Waals surface area contributed by atoms with Gasteiger partial charge in [-0.1, -0.05) is 30.3 Å². The number of nitrogens with zero attached hydrogens (tertiary/aromatic N) is 3. The number of rotatable bonds is 2. The van der Waals surface area contributed by atoms with Crippen molar-refractivity contribution < 1.29 is 0 Å². The van der Waals surface area contributed by atoms with E-state index in [2.05, 4.69) is 11.1 Å². The zero-order chi connectivity index (χ0) is 16.4. The van der Waals surface area contributed by atoms with Crippen molar-refractivity contribution in [2.75, 3.05) is 4.90 Å². The van der Waals surface area contributed by atoms with Gasteiger partial charge < -0.3 is 4.90 Å². The standard InChI is InChI=1S/C20H13N3S/c21-14-17(20-22-18-8-4-5-9-19(18)24-20)15-10-12-23(13-11-15)16-6-2-1-3-7-16/h1-13H. The molecule has 0 radical (unpaired) electrons. The summed E-state index contributed by atoms with van der Waals surface area (Å²) in [5.74, 6) is 0. The first-order chi connectivity index (χ1) is 11.8. The summed E-state index contributed by atoms with van der Waals surface area (Å²) in [6.07, 6.45) is 7.85. The van der Waals surface area contributed by atoms with Gasteiger partial charge in [0.2, 0.25) is 0 Å². The summed E-state index contributed by atoms with van der Waals surface area (Å²) in [5, 5.41) is 10.4. The number of hydrogen-bond donors (Lipinski definition) is 0. The summed E-state index contributed by atoms with van der Waals surface area (Å²) >= 11 is 1.55. The third kappa shape index (κ3) is 2.62. The quantitative estimate of drug-likeness (QED) is 0.613. The number of aromatic nitrogens is 1. The summed E-state index contributed by atoms with van der Waals surface area (Å²) in [6.45, 7) is 0. The number of benzene rings is 2. The Morgan fingerprint density at radius 2 is 1.67 bits per heavy atom. The second kappa shape index (κ2) is 6.15. The fourth-order valence-electron chi connectivity index (χ4n) is 2.58. The molecule has 0 saturated heterocycles. The summed E-state index contributed by atoms with van der Waals surface area (Å²) in [5.41, 5.74) is 3.50. The average Bonchev–Trinajstić information content (AvgIpc) is 3.07. The topological polar surface area (TPSA) is 39.9 Å². The van der Waals surface area contributed by atoms with Crippen LogP contribution in [0.1, 0.15) is 5.01 Å². The normalized spacial score (nSPS) is 13.3. The van der Waals surface area contributed by atoms with Crippen LogP contribution in [0.15, 0.2) is 84.7 Å². The monoisotopic (exact) mass is 327 g/mol. The second-order valence-electron chi connectivity index (χ2n) is 5.30. The summed E-state index contributed by atoms with van der Waals surface area (Å²) < 4.78 is 1.09. The Hall–Kier alpha value is -3.16. The van der Waals surface area contributed by atoms with E-state index in [4.69, 9.17) is 0 Å². The van der Waals surface area contributed by atoms with Crippen LogP contribution < -0.4 is 4.90 Å². The smallest absolute Gasteiger partial charge is 0.135 e. The van der Waals surface area contributed by atoms with Crippen LogP contribution in [0.2, 0.25) is 0 Å².